The number of hydrogen-bond acceptors (Lipinski definition) is 6. The van der Waals surface area contributed by atoms with Crippen LogP contribution >= 0.6 is 11.6 Å². The number of benzene rings is 1. The van der Waals surface area contributed by atoms with Gasteiger partial charge in [0, 0.05) is 43.3 Å². The van der Waals surface area contributed by atoms with E-state index < -0.39 is 0 Å². The van der Waals surface area contributed by atoms with Gasteiger partial charge in [-0.15, -0.1) is 0 Å². The predicted octanol–water partition coefficient (Wildman–Crippen LogP) is 3.54. The first-order valence-corrected chi connectivity index (χ1v) is 13.1. The Morgan fingerprint density at radius 1 is 1.06 bits per heavy atom. The Labute approximate surface area is 210 Å². The van der Waals surface area contributed by atoms with Gasteiger partial charge in [-0.3, -0.25) is 9.48 Å². The molecule has 3 fully saturated rings. The summed E-state index contributed by atoms with van der Waals surface area (Å²) >= 11 is 6.76. The standard InChI is InChI=1S/C26H32ClN7O/c27-22-23(33-11-6-26(7-12-33)5-8-29-25(26)35)20(17-30-24(22)28)18-3-4-21-19(15-18)16-31-34(21)14-13-32-9-1-2-10-32/h3-4,15-17H,1-2,5-14H2,(H2,28,30)(H,29,35). The van der Waals surface area contributed by atoms with Gasteiger partial charge in [-0.05, 0) is 62.9 Å². The molecule has 8 nitrogen and oxygen atoms in total. The summed E-state index contributed by atoms with van der Waals surface area (Å²) in [5, 5.41) is 9.26. The Bertz CT molecular complexity index is 1260. The fourth-order valence-corrected chi connectivity index (χ4v) is 6.31. The van der Waals surface area contributed by atoms with Crippen molar-refractivity contribution in [1.82, 2.24) is 25.0 Å². The minimum Gasteiger partial charge on any atom is -0.382 e. The number of rotatable bonds is 5. The monoisotopic (exact) mass is 493 g/mol. The van der Waals surface area contributed by atoms with E-state index in [2.05, 4.69) is 48.1 Å². The maximum absolute atomic E-state index is 12.5. The molecule has 184 valence electrons. The molecular weight excluding hydrogens is 462 g/mol. The first-order chi connectivity index (χ1) is 17.0. The first kappa shape index (κ1) is 22.6. The van der Waals surface area contributed by atoms with Crippen molar-refractivity contribution in [3.8, 4) is 11.1 Å². The maximum Gasteiger partial charge on any atom is 0.226 e. The molecule has 35 heavy (non-hydrogen) atoms. The first-order valence-electron chi connectivity index (χ1n) is 12.7. The molecule has 3 aromatic rings. The average molecular weight is 494 g/mol. The molecule has 0 bridgehead atoms. The largest absolute Gasteiger partial charge is 0.382 e. The lowest BCUT2D eigenvalue weighted by Crippen LogP contribution is -2.44. The quantitative estimate of drug-likeness (QED) is 0.565. The Balaban J connectivity index is 1.28. The van der Waals surface area contributed by atoms with Gasteiger partial charge in [-0.25, -0.2) is 4.98 Å². The molecule has 5 heterocycles. The van der Waals surface area contributed by atoms with Gasteiger partial charge in [0.25, 0.3) is 0 Å². The van der Waals surface area contributed by atoms with Crippen molar-refractivity contribution in [2.45, 2.75) is 38.6 Å². The van der Waals surface area contributed by atoms with Gasteiger partial charge in [0.15, 0.2) is 0 Å². The van der Waals surface area contributed by atoms with E-state index in [0.717, 1.165) is 79.7 Å². The summed E-state index contributed by atoms with van der Waals surface area (Å²) in [6.07, 6.45) is 8.92. The molecule has 3 aliphatic rings. The van der Waals surface area contributed by atoms with Crippen LogP contribution in [0.3, 0.4) is 0 Å². The Morgan fingerprint density at radius 3 is 2.60 bits per heavy atom. The SMILES string of the molecule is Nc1ncc(-c2ccc3c(cnn3CCN3CCCC3)c2)c(N2CCC3(CCNC3=O)CC2)c1Cl. The number of carbonyl (C=O) groups excluding carboxylic acids is 1. The van der Waals surface area contributed by atoms with Crippen molar-refractivity contribution in [3.05, 3.63) is 35.6 Å². The molecular formula is C26H32ClN7O. The van der Waals surface area contributed by atoms with Crippen LogP contribution in [0.5, 0.6) is 0 Å². The van der Waals surface area contributed by atoms with E-state index in [4.69, 9.17) is 17.3 Å². The highest BCUT2D eigenvalue weighted by molar-refractivity contribution is 6.36. The number of halogens is 1. The number of likely N-dealkylation sites (tertiary alicyclic amines) is 1. The molecule has 1 amide bonds. The third-order valence-corrected chi connectivity index (χ3v) is 8.58. The number of piperidine rings is 1. The molecule has 0 aliphatic carbocycles. The molecule has 3 N–H and O–H groups in total. The van der Waals surface area contributed by atoms with Gasteiger partial charge in [0.2, 0.25) is 5.91 Å². The van der Waals surface area contributed by atoms with Gasteiger partial charge in [-0.1, -0.05) is 17.7 Å². The van der Waals surface area contributed by atoms with Crippen LogP contribution in [0, 0.1) is 5.41 Å². The molecule has 9 heteroatoms. The summed E-state index contributed by atoms with van der Waals surface area (Å²) in [5.74, 6) is 0.532. The summed E-state index contributed by atoms with van der Waals surface area (Å²) < 4.78 is 2.10. The van der Waals surface area contributed by atoms with E-state index in [1.54, 1.807) is 0 Å². The number of nitrogen functional groups attached to an aromatic ring is 1. The average Bonchev–Trinajstić information content (AvgIpc) is 3.61. The molecule has 0 atom stereocenters. The summed E-state index contributed by atoms with van der Waals surface area (Å²) in [6, 6.07) is 6.43. The van der Waals surface area contributed by atoms with Gasteiger partial charge >= 0.3 is 0 Å². The molecule has 0 radical (unpaired) electrons. The number of nitrogens with two attached hydrogens (primary N) is 1. The van der Waals surface area contributed by atoms with E-state index in [-0.39, 0.29) is 11.3 Å². The second-order valence-corrected chi connectivity index (χ2v) is 10.6. The summed E-state index contributed by atoms with van der Waals surface area (Å²) in [7, 11) is 0. The topological polar surface area (TPSA) is 92.3 Å². The van der Waals surface area contributed by atoms with Gasteiger partial charge in [0.05, 0.1) is 29.4 Å². The number of pyridine rings is 1. The van der Waals surface area contributed by atoms with Crippen LogP contribution in [0.1, 0.15) is 32.1 Å². The zero-order valence-corrected chi connectivity index (χ0v) is 20.7. The fourth-order valence-electron chi connectivity index (χ4n) is 6.04. The van der Waals surface area contributed by atoms with Crippen LogP contribution in [0.25, 0.3) is 22.0 Å². The third-order valence-electron chi connectivity index (χ3n) is 8.21. The number of nitrogens with zero attached hydrogens (tertiary/aromatic N) is 5. The van der Waals surface area contributed by atoms with Gasteiger partial charge in [-0.2, -0.15) is 5.10 Å². The van der Waals surface area contributed by atoms with Gasteiger partial charge < -0.3 is 20.9 Å². The lowest BCUT2D eigenvalue weighted by Gasteiger charge is -2.39. The van der Waals surface area contributed by atoms with E-state index >= 15 is 0 Å². The number of fused-ring (bicyclic) bond motifs is 1. The van der Waals surface area contributed by atoms with Crippen molar-refractivity contribution in [2.24, 2.45) is 5.41 Å². The number of aromatic nitrogens is 3. The van der Waals surface area contributed by atoms with Crippen LogP contribution in [-0.4, -0.2) is 64.8 Å². The highest BCUT2D eigenvalue weighted by Crippen LogP contribution is 2.44. The number of hydrogen-bond donors (Lipinski definition) is 2. The van der Waals surface area contributed by atoms with Crippen LogP contribution < -0.4 is 16.0 Å². The Kier molecular flexibility index (Phi) is 5.81. The van der Waals surface area contributed by atoms with Crippen LogP contribution in [-0.2, 0) is 11.3 Å². The number of carbonyl (C=O) groups is 1. The second kappa shape index (κ2) is 8.99. The fraction of sp³-hybridized carbons (Fsp3) is 0.500. The lowest BCUT2D eigenvalue weighted by molar-refractivity contribution is -0.128. The molecule has 2 aromatic heterocycles. The summed E-state index contributed by atoms with van der Waals surface area (Å²) in [4.78, 5) is 21.6. The molecule has 1 aromatic carbocycles. The van der Waals surface area contributed by atoms with E-state index in [9.17, 15) is 4.79 Å². The van der Waals surface area contributed by atoms with Crippen molar-refractivity contribution in [3.63, 3.8) is 0 Å². The third kappa shape index (κ3) is 4.02. The Hall–Kier alpha value is -2.84. The minimum atomic E-state index is -0.232. The zero-order valence-electron chi connectivity index (χ0n) is 20.0. The minimum absolute atomic E-state index is 0.199. The zero-order chi connectivity index (χ0) is 24.0. The van der Waals surface area contributed by atoms with E-state index in [0.29, 0.717) is 10.8 Å². The van der Waals surface area contributed by atoms with Crippen molar-refractivity contribution in [1.29, 1.82) is 0 Å². The normalized spacial score (nSPS) is 20.3. The number of amides is 1. The molecule has 0 saturated carbocycles. The van der Waals surface area contributed by atoms with Crippen molar-refractivity contribution >= 4 is 39.9 Å². The molecule has 1 spiro atoms. The molecule has 6 rings (SSSR count). The van der Waals surface area contributed by atoms with E-state index in [1.165, 1.54) is 25.9 Å². The highest BCUT2D eigenvalue weighted by atomic mass is 35.5. The lowest BCUT2D eigenvalue weighted by atomic mass is 9.77. The van der Waals surface area contributed by atoms with Crippen LogP contribution in [0.2, 0.25) is 5.02 Å². The van der Waals surface area contributed by atoms with Crippen LogP contribution in [0.15, 0.2) is 30.6 Å². The Morgan fingerprint density at radius 2 is 1.86 bits per heavy atom. The van der Waals surface area contributed by atoms with Crippen molar-refractivity contribution < 1.29 is 4.79 Å². The molecule has 0 unspecified atom stereocenters. The number of anilines is 2. The highest BCUT2D eigenvalue weighted by Gasteiger charge is 2.44. The van der Waals surface area contributed by atoms with Crippen LogP contribution in [0.4, 0.5) is 11.5 Å². The predicted molar refractivity (Wildman–Crippen MR) is 140 cm³/mol. The summed E-state index contributed by atoms with van der Waals surface area (Å²) in [6.45, 7) is 6.62. The smallest absolute Gasteiger partial charge is 0.226 e. The van der Waals surface area contributed by atoms with Crippen molar-refractivity contribution in [2.75, 3.05) is 49.9 Å². The van der Waals surface area contributed by atoms with E-state index in [1.807, 2.05) is 12.4 Å². The number of nitrogens with one attached hydrogen (secondary N) is 1. The second-order valence-electron chi connectivity index (χ2n) is 10.2. The molecule has 3 aliphatic heterocycles. The maximum atomic E-state index is 12.5. The summed E-state index contributed by atoms with van der Waals surface area (Å²) in [5.41, 5.74) is 9.96. The molecule has 3 saturated heterocycles. The van der Waals surface area contributed by atoms with Gasteiger partial charge in [0.1, 0.15) is 10.8 Å².